The van der Waals surface area contributed by atoms with Crippen LogP contribution in [0.2, 0.25) is 0 Å². The molecule has 4 aliphatic rings. The summed E-state index contributed by atoms with van der Waals surface area (Å²) in [5, 5.41) is 0. The molecule has 0 unspecified atom stereocenters. The van der Waals surface area contributed by atoms with Crippen LogP contribution in [0.25, 0.3) is 11.1 Å². The van der Waals surface area contributed by atoms with Crippen molar-refractivity contribution < 1.29 is 9.59 Å². The number of amides is 2. The fourth-order valence-corrected chi connectivity index (χ4v) is 4.93. The van der Waals surface area contributed by atoms with Crippen LogP contribution in [0.15, 0.2) is 47.6 Å². The maximum atomic E-state index is 13.2. The molecule has 2 aliphatic heterocycles. The monoisotopic (exact) mass is 442 g/mol. The molecule has 1 aromatic carbocycles. The third-order valence-electron chi connectivity index (χ3n) is 7.43. The summed E-state index contributed by atoms with van der Waals surface area (Å²) >= 11 is 0. The zero-order valence-corrected chi connectivity index (χ0v) is 19.3. The predicted molar refractivity (Wildman–Crippen MR) is 127 cm³/mol. The van der Waals surface area contributed by atoms with Crippen molar-refractivity contribution in [3.05, 3.63) is 53.9 Å². The third kappa shape index (κ3) is 3.65. The standard InChI is InChI=1S/C27H30N4O2/c1-17(2)23-10-9-22(13-28-23)19-3-5-20(6-4-19)24-29-27(11-12-27)26(33)31(24)16-18-14-30(15-18)25(32)21-7-8-21/h3-6,9-10,13,17-18,21H,7-8,11-12,14-16H2,1-2H3. The van der Waals surface area contributed by atoms with Crippen molar-refractivity contribution in [2.24, 2.45) is 16.8 Å². The topological polar surface area (TPSA) is 65.9 Å². The molecule has 3 fully saturated rings. The molecule has 2 aromatic rings. The highest BCUT2D eigenvalue weighted by Crippen LogP contribution is 2.46. The molecule has 2 aliphatic carbocycles. The molecule has 0 atom stereocenters. The zero-order valence-electron chi connectivity index (χ0n) is 19.3. The number of carbonyl (C=O) groups is 2. The summed E-state index contributed by atoms with van der Waals surface area (Å²) in [5.41, 5.74) is 3.74. The van der Waals surface area contributed by atoms with Crippen LogP contribution >= 0.6 is 0 Å². The van der Waals surface area contributed by atoms with Gasteiger partial charge in [-0.1, -0.05) is 44.2 Å². The van der Waals surface area contributed by atoms with E-state index in [1.807, 2.05) is 16.0 Å². The molecule has 0 N–H and O–H groups in total. The molecule has 33 heavy (non-hydrogen) atoms. The first kappa shape index (κ1) is 20.6. The number of carbonyl (C=O) groups excluding carboxylic acids is 2. The predicted octanol–water partition coefficient (Wildman–Crippen LogP) is 3.86. The number of hydrogen-bond donors (Lipinski definition) is 0. The van der Waals surface area contributed by atoms with Gasteiger partial charge in [-0.3, -0.25) is 24.5 Å². The average molecular weight is 443 g/mol. The highest BCUT2D eigenvalue weighted by molar-refractivity contribution is 6.16. The van der Waals surface area contributed by atoms with E-state index in [1.54, 1.807) is 0 Å². The summed E-state index contributed by atoms with van der Waals surface area (Å²) in [6, 6.07) is 12.5. The van der Waals surface area contributed by atoms with Crippen molar-refractivity contribution in [3.8, 4) is 11.1 Å². The second-order valence-electron chi connectivity index (χ2n) is 10.5. The largest absolute Gasteiger partial charge is 0.342 e. The van der Waals surface area contributed by atoms with Crippen molar-refractivity contribution in [2.45, 2.75) is 51.0 Å². The van der Waals surface area contributed by atoms with E-state index in [-0.39, 0.29) is 11.8 Å². The Hall–Kier alpha value is -3.02. The number of benzene rings is 1. The minimum atomic E-state index is -0.516. The minimum absolute atomic E-state index is 0.141. The Kier molecular flexibility index (Phi) is 4.68. The highest BCUT2D eigenvalue weighted by Gasteiger charge is 2.57. The minimum Gasteiger partial charge on any atom is -0.342 e. The molecule has 0 radical (unpaired) electrons. The Morgan fingerprint density at radius 2 is 1.70 bits per heavy atom. The van der Waals surface area contributed by atoms with Gasteiger partial charge in [0.1, 0.15) is 11.4 Å². The number of aliphatic imine (C=N–C) groups is 1. The molecule has 1 spiro atoms. The number of pyridine rings is 1. The molecule has 1 aromatic heterocycles. The van der Waals surface area contributed by atoms with Gasteiger partial charge in [-0.15, -0.1) is 0 Å². The molecule has 170 valence electrons. The van der Waals surface area contributed by atoms with Gasteiger partial charge in [0.15, 0.2) is 0 Å². The maximum Gasteiger partial charge on any atom is 0.256 e. The normalized spacial score (nSPS) is 21.5. The lowest BCUT2D eigenvalue weighted by Crippen LogP contribution is -2.55. The number of nitrogens with zero attached hydrogens (tertiary/aromatic N) is 4. The maximum absolute atomic E-state index is 13.2. The van der Waals surface area contributed by atoms with Crippen LogP contribution in [0, 0.1) is 11.8 Å². The van der Waals surface area contributed by atoms with Crippen molar-refractivity contribution >= 4 is 17.6 Å². The smallest absolute Gasteiger partial charge is 0.256 e. The number of rotatable bonds is 6. The summed E-state index contributed by atoms with van der Waals surface area (Å²) in [6.45, 7) is 6.46. The number of amidine groups is 1. The fraction of sp³-hybridized carbons (Fsp3) is 0.481. The van der Waals surface area contributed by atoms with Gasteiger partial charge in [-0.2, -0.15) is 0 Å². The second-order valence-corrected chi connectivity index (χ2v) is 10.5. The van der Waals surface area contributed by atoms with Gasteiger partial charge in [0.05, 0.1) is 0 Å². The lowest BCUT2D eigenvalue weighted by molar-refractivity contribution is -0.139. The van der Waals surface area contributed by atoms with E-state index < -0.39 is 5.54 Å². The second kappa shape index (κ2) is 7.51. The van der Waals surface area contributed by atoms with Crippen LogP contribution in [0.4, 0.5) is 0 Å². The Bertz CT molecular complexity index is 1120. The Morgan fingerprint density at radius 1 is 1.03 bits per heavy atom. The summed E-state index contributed by atoms with van der Waals surface area (Å²) < 4.78 is 0. The van der Waals surface area contributed by atoms with Gasteiger partial charge < -0.3 is 4.90 Å². The van der Waals surface area contributed by atoms with Crippen LogP contribution < -0.4 is 0 Å². The van der Waals surface area contributed by atoms with Gasteiger partial charge in [0.2, 0.25) is 5.91 Å². The quantitative estimate of drug-likeness (QED) is 0.682. The molecule has 3 heterocycles. The van der Waals surface area contributed by atoms with Crippen molar-refractivity contribution in [1.29, 1.82) is 0 Å². The number of hydrogen-bond acceptors (Lipinski definition) is 4. The Labute approximate surface area is 194 Å². The molecule has 2 amide bonds. The first-order valence-corrected chi connectivity index (χ1v) is 12.2. The average Bonchev–Trinajstić information content (AvgIpc) is 3.71. The Balaban J connectivity index is 1.18. The summed E-state index contributed by atoms with van der Waals surface area (Å²) in [4.78, 5) is 38.8. The van der Waals surface area contributed by atoms with Gasteiger partial charge in [-0.05, 0) is 43.2 Å². The summed E-state index contributed by atoms with van der Waals surface area (Å²) in [7, 11) is 0. The van der Waals surface area contributed by atoms with Gasteiger partial charge in [0, 0.05) is 54.5 Å². The van der Waals surface area contributed by atoms with E-state index in [0.29, 0.717) is 24.3 Å². The zero-order chi connectivity index (χ0) is 22.7. The van der Waals surface area contributed by atoms with E-state index in [9.17, 15) is 9.59 Å². The fourth-order valence-electron chi connectivity index (χ4n) is 4.93. The summed E-state index contributed by atoms with van der Waals surface area (Å²) in [6.07, 6.45) is 5.69. The lowest BCUT2D eigenvalue weighted by Gasteiger charge is -2.41. The first-order valence-electron chi connectivity index (χ1n) is 12.2. The van der Waals surface area contributed by atoms with Crippen LogP contribution in [0.1, 0.15) is 56.7 Å². The van der Waals surface area contributed by atoms with E-state index in [2.05, 4.69) is 55.2 Å². The van der Waals surface area contributed by atoms with Crippen LogP contribution in [-0.2, 0) is 9.59 Å². The van der Waals surface area contributed by atoms with Crippen molar-refractivity contribution in [2.75, 3.05) is 19.6 Å². The van der Waals surface area contributed by atoms with E-state index >= 15 is 0 Å². The van der Waals surface area contributed by atoms with Gasteiger partial charge in [0.25, 0.3) is 5.91 Å². The van der Waals surface area contributed by atoms with E-state index in [1.165, 1.54) is 0 Å². The molecule has 2 saturated carbocycles. The van der Waals surface area contributed by atoms with Crippen molar-refractivity contribution in [1.82, 2.24) is 14.8 Å². The van der Waals surface area contributed by atoms with Crippen LogP contribution in [0.5, 0.6) is 0 Å². The summed E-state index contributed by atoms with van der Waals surface area (Å²) in [5.74, 6) is 2.25. The molecule has 0 bridgehead atoms. The number of likely N-dealkylation sites (tertiary alicyclic amines) is 1. The lowest BCUT2D eigenvalue weighted by atomic mass is 9.97. The highest BCUT2D eigenvalue weighted by atomic mass is 16.2. The SMILES string of the molecule is CC(C)c1ccc(-c2ccc(C3=NC4(CC4)C(=O)N3CC3CN(C(=O)C4CC4)C3)cc2)cn1. The van der Waals surface area contributed by atoms with Crippen LogP contribution in [0.3, 0.4) is 0 Å². The third-order valence-corrected chi connectivity index (χ3v) is 7.43. The Morgan fingerprint density at radius 3 is 2.27 bits per heavy atom. The molecule has 1 saturated heterocycles. The van der Waals surface area contributed by atoms with Crippen molar-refractivity contribution in [3.63, 3.8) is 0 Å². The van der Waals surface area contributed by atoms with Gasteiger partial charge >= 0.3 is 0 Å². The molecule has 6 heteroatoms. The molecular formula is C27H30N4O2. The van der Waals surface area contributed by atoms with E-state index in [4.69, 9.17) is 4.99 Å². The van der Waals surface area contributed by atoms with Crippen LogP contribution in [-0.4, -0.2) is 57.6 Å². The van der Waals surface area contributed by atoms with E-state index in [0.717, 1.165) is 67.0 Å². The number of aromatic nitrogens is 1. The van der Waals surface area contributed by atoms with Gasteiger partial charge in [-0.25, -0.2) is 0 Å². The molecule has 6 rings (SSSR count). The first-order chi connectivity index (χ1) is 15.9. The molecular weight excluding hydrogens is 412 g/mol. The molecule has 6 nitrogen and oxygen atoms in total.